The van der Waals surface area contributed by atoms with Crippen LogP contribution in [-0.4, -0.2) is 23.9 Å². The van der Waals surface area contributed by atoms with Crippen LogP contribution in [0.3, 0.4) is 0 Å². The average Bonchev–Trinajstić information content (AvgIpc) is 2.46. The first-order valence-corrected chi connectivity index (χ1v) is 6.76. The van der Waals surface area contributed by atoms with Crippen LogP contribution in [0, 0.1) is 6.92 Å². The zero-order chi connectivity index (χ0) is 15.0. The summed E-state index contributed by atoms with van der Waals surface area (Å²) >= 11 is 0. The van der Waals surface area contributed by atoms with Crippen molar-refractivity contribution in [3.63, 3.8) is 0 Å². The van der Waals surface area contributed by atoms with Gasteiger partial charge in [0, 0.05) is 10.9 Å². The molecule has 1 heterocycles. The van der Waals surface area contributed by atoms with Crippen molar-refractivity contribution in [2.75, 3.05) is 0 Å². The van der Waals surface area contributed by atoms with E-state index in [4.69, 9.17) is 0 Å². The summed E-state index contributed by atoms with van der Waals surface area (Å²) in [5, 5.41) is 10.1. The van der Waals surface area contributed by atoms with Crippen LogP contribution in [0.2, 0.25) is 0 Å². The molecular formula is C17H14BNO2. The van der Waals surface area contributed by atoms with E-state index in [1.807, 2.05) is 57.2 Å². The van der Waals surface area contributed by atoms with E-state index in [9.17, 15) is 9.90 Å². The van der Waals surface area contributed by atoms with Crippen LogP contribution in [0.15, 0.2) is 48.5 Å². The highest BCUT2D eigenvalue weighted by Crippen LogP contribution is 2.25. The summed E-state index contributed by atoms with van der Waals surface area (Å²) in [6, 6.07) is 15.2. The molecule has 0 amide bonds. The first kappa shape index (κ1) is 13.4. The molecule has 3 rings (SSSR count). The lowest BCUT2D eigenvalue weighted by Crippen LogP contribution is -2.02. The van der Waals surface area contributed by atoms with Gasteiger partial charge in [0.25, 0.3) is 0 Å². The molecule has 1 aromatic heterocycles. The Balaban J connectivity index is 2.28. The van der Waals surface area contributed by atoms with Gasteiger partial charge in [-0.25, -0.2) is 9.78 Å². The molecule has 4 heteroatoms. The number of carbonyl (C=O) groups is 1. The van der Waals surface area contributed by atoms with E-state index in [1.54, 1.807) is 6.07 Å². The standard InChI is InChI=1S/C17H14BNO2/c1-10-2-7-15-13(8-10)14(17(20)21)9-16(19-15)11-3-5-12(18)6-4-11/h2-9H,18H2,1H3,(H,20,21). The zero-order valence-electron chi connectivity index (χ0n) is 11.9. The minimum absolute atomic E-state index is 0.291. The number of aromatic carboxylic acids is 1. The molecule has 0 unspecified atom stereocenters. The Morgan fingerprint density at radius 3 is 2.48 bits per heavy atom. The summed E-state index contributed by atoms with van der Waals surface area (Å²) in [6.45, 7) is 1.94. The van der Waals surface area contributed by atoms with Crippen LogP contribution < -0.4 is 5.46 Å². The van der Waals surface area contributed by atoms with Crippen molar-refractivity contribution in [1.82, 2.24) is 4.98 Å². The SMILES string of the molecule is Bc1ccc(-c2cc(C(=O)O)c3cc(C)ccc3n2)cc1. The lowest BCUT2D eigenvalue weighted by atomic mass is 9.94. The third-order valence-electron chi connectivity index (χ3n) is 3.54. The summed E-state index contributed by atoms with van der Waals surface area (Å²) in [7, 11) is 2.02. The third-order valence-corrected chi connectivity index (χ3v) is 3.54. The van der Waals surface area contributed by atoms with Gasteiger partial charge in [-0.05, 0) is 25.1 Å². The molecule has 3 aromatic rings. The average molecular weight is 275 g/mol. The molecule has 0 fully saturated rings. The molecule has 0 saturated carbocycles. The van der Waals surface area contributed by atoms with Crippen LogP contribution >= 0.6 is 0 Å². The van der Waals surface area contributed by atoms with E-state index in [0.717, 1.165) is 16.6 Å². The van der Waals surface area contributed by atoms with E-state index in [-0.39, 0.29) is 0 Å². The Morgan fingerprint density at radius 2 is 1.81 bits per heavy atom. The summed E-state index contributed by atoms with van der Waals surface area (Å²) < 4.78 is 0. The molecule has 102 valence electrons. The Kier molecular flexibility index (Phi) is 3.22. The monoisotopic (exact) mass is 275 g/mol. The van der Waals surface area contributed by atoms with Gasteiger partial charge in [0.1, 0.15) is 7.85 Å². The third kappa shape index (κ3) is 2.52. The number of benzene rings is 2. The Morgan fingerprint density at radius 1 is 1.10 bits per heavy atom. The molecule has 21 heavy (non-hydrogen) atoms. The van der Waals surface area contributed by atoms with E-state index in [0.29, 0.717) is 22.2 Å². The molecular weight excluding hydrogens is 261 g/mol. The second-order valence-corrected chi connectivity index (χ2v) is 5.25. The second kappa shape index (κ2) is 5.06. The highest BCUT2D eigenvalue weighted by Gasteiger charge is 2.13. The van der Waals surface area contributed by atoms with Gasteiger partial charge in [-0.15, -0.1) is 0 Å². The van der Waals surface area contributed by atoms with Crippen LogP contribution in [0.25, 0.3) is 22.2 Å². The highest BCUT2D eigenvalue weighted by molar-refractivity contribution is 6.32. The highest BCUT2D eigenvalue weighted by atomic mass is 16.4. The lowest BCUT2D eigenvalue weighted by molar-refractivity contribution is 0.0699. The molecule has 0 spiro atoms. The van der Waals surface area contributed by atoms with Crippen molar-refractivity contribution in [2.24, 2.45) is 0 Å². The molecule has 0 aliphatic rings. The summed E-state index contributed by atoms with van der Waals surface area (Å²) in [5.74, 6) is -0.929. The number of hydrogen-bond donors (Lipinski definition) is 1. The van der Waals surface area contributed by atoms with Crippen molar-refractivity contribution >= 4 is 30.2 Å². The predicted octanol–water partition coefficient (Wildman–Crippen LogP) is 2.17. The molecule has 0 atom stereocenters. The fourth-order valence-corrected chi connectivity index (χ4v) is 2.39. The minimum Gasteiger partial charge on any atom is -0.478 e. The van der Waals surface area contributed by atoms with Gasteiger partial charge >= 0.3 is 5.97 Å². The maximum Gasteiger partial charge on any atom is 0.336 e. The quantitative estimate of drug-likeness (QED) is 0.729. The van der Waals surface area contributed by atoms with Crippen LogP contribution in [0.4, 0.5) is 0 Å². The van der Waals surface area contributed by atoms with Crippen LogP contribution in [0.5, 0.6) is 0 Å². The Hall–Kier alpha value is -2.62. The number of fused-ring (bicyclic) bond motifs is 1. The molecule has 3 nitrogen and oxygen atoms in total. The van der Waals surface area contributed by atoms with Gasteiger partial charge in [0.2, 0.25) is 0 Å². The lowest BCUT2D eigenvalue weighted by Gasteiger charge is -2.08. The van der Waals surface area contributed by atoms with Gasteiger partial charge in [-0.2, -0.15) is 0 Å². The number of hydrogen-bond acceptors (Lipinski definition) is 2. The zero-order valence-corrected chi connectivity index (χ0v) is 11.9. The fourth-order valence-electron chi connectivity index (χ4n) is 2.39. The molecule has 0 saturated heterocycles. The minimum atomic E-state index is -0.929. The molecule has 0 bridgehead atoms. The van der Waals surface area contributed by atoms with Gasteiger partial charge < -0.3 is 5.11 Å². The van der Waals surface area contributed by atoms with Gasteiger partial charge in [0.05, 0.1) is 16.8 Å². The summed E-state index contributed by atoms with van der Waals surface area (Å²) in [5.41, 5.74) is 4.79. The van der Waals surface area contributed by atoms with Crippen molar-refractivity contribution in [1.29, 1.82) is 0 Å². The Bertz CT molecular complexity index is 841. The van der Waals surface area contributed by atoms with Gasteiger partial charge in [0.15, 0.2) is 0 Å². The summed E-state index contributed by atoms with van der Waals surface area (Å²) in [4.78, 5) is 16.1. The molecule has 0 aliphatic heterocycles. The number of nitrogens with zero attached hydrogens (tertiary/aromatic N) is 1. The van der Waals surface area contributed by atoms with Crippen LogP contribution in [0.1, 0.15) is 15.9 Å². The van der Waals surface area contributed by atoms with E-state index >= 15 is 0 Å². The first-order chi connectivity index (χ1) is 10.0. The topological polar surface area (TPSA) is 50.2 Å². The van der Waals surface area contributed by atoms with E-state index in [2.05, 4.69) is 4.98 Å². The smallest absolute Gasteiger partial charge is 0.336 e. The van der Waals surface area contributed by atoms with Gasteiger partial charge in [-0.1, -0.05) is 41.4 Å². The van der Waals surface area contributed by atoms with Gasteiger partial charge in [-0.3, -0.25) is 0 Å². The molecule has 1 N–H and O–H groups in total. The number of aromatic nitrogens is 1. The number of aryl methyl sites for hydroxylation is 1. The van der Waals surface area contributed by atoms with Crippen molar-refractivity contribution in [2.45, 2.75) is 6.92 Å². The van der Waals surface area contributed by atoms with E-state index in [1.165, 1.54) is 0 Å². The maximum absolute atomic E-state index is 11.5. The van der Waals surface area contributed by atoms with Crippen molar-refractivity contribution < 1.29 is 9.90 Å². The fraction of sp³-hybridized carbons (Fsp3) is 0.0588. The second-order valence-electron chi connectivity index (χ2n) is 5.25. The van der Waals surface area contributed by atoms with Crippen molar-refractivity contribution in [3.05, 3.63) is 59.7 Å². The van der Waals surface area contributed by atoms with Crippen LogP contribution in [-0.2, 0) is 0 Å². The molecule has 2 aromatic carbocycles. The number of carboxylic acid groups (broad SMARTS) is 1. The molecule has 0 radical (unpaired) electrons. The normalized spacial score (nSPS) is 10.7. The van der Waals surface area contributed by atoms with Crippen molar-refractivity contribution in [3.8, 4) is 11.3 Å². The molecule has 0 aliphatic carbocycles. The largest absolute Gasteiger partial charge is 0.478 e. The predicted molar refractivity (Wildman–Crippen MR) is 87.1 cm³/mol. The maximum atomic E-state index is 11.5. The summed E-state index contributed by atoms with van der Waals surface area (Å²) in [6.07, 6.45) is 0. The number of pyridine rings is 1. The van der Waals surface area contributed by atoms with E-state index < -0.39 is 5.97 Å². The Labute approximate surface area is 123 Å². The number of carboxylic acids is 1. The number of rotatable bonds is 2. The first-order valence-electron chi connectivity index (χ1n) is 6.76.